The first kappa shape index (κ1) is 15.8. The molecule has 1 fully saturated rings. The summed E-state index contributed by atoms with van der Waals surface area (Å²) in [5, 5.41) is 15.2. The SMILES string of the molecule is CCCc1ccccc1NC(=O)NC1CCC(CO)CC1. The first-order valence-electron chi connectivity index (χ1n) is 7.99. The number of para-hydroxylation sites is 1. The van der Waals surface area contributed by atoms with E-state index < -0.39 is 0 Å². The topological polar surface area (TPSA) is 61.4 Å². The van der Waals surface area contributed by atoms with Gasteiger partial charge >= 0.3 is 6.03 Å². The molecule has 1 aliphatic rings. The molecule has 0 bridgehead atoms. The van der Waals surface area contributed by atoms with Gasteiger partial charge in [-0.15, -0.1) is 0 Å². The summed E-state index contributed by atoms with van der Waals surface area (Å²) in [6, 6.07) is 8.07. The molecule has 0 aliphatic heterocycles. The Morgan fingerprint density at radius 2 is 1.95 bits per heavy atom. The minimum Gasteiger partial charge on any atom is -0.396 e. The Labute approximate surface area is 126 Å². The molecular weight excluding hydrogens is 264 g/mol. The van der Waals surface area contributed by atoms with Gasteiger partial charge in [0.15, 0.2) is 0 Å². The van der Waals surface area contributed by atoms with Gasteiger partial charge in [-0.1, -0.05) is 31.5 Å². The first-order valence-corrected chi connectivity index (χ1v) is 7.99. The third-order valence-electron chi connectivity index (χ3n) is 4.23. The van der Waals surface area contributed by atoms with E-state index in [1.54, 1.807) is 0 Å². The average molecular weight is 290 g/mol. The zero-order chi connectivity index (χ0) is 15.1. The quantitative estimate of drug-likeness (QED) is 0.779. The van der Waals surface area contributed by atoms with Crippen LogP contribution in [0.1, 0.15) is 44.6 Å². The molecule has 0 radical (unpaired) electrons. The highest BCUT2D eigenvalue weighted by atomic mass is 16.3. The molecule has 1 aliphatic carbocycles. The number of rotatable bonds is 5. The molecule has 4 nitrogen and oxygen atoms in total. The summed E-state index contributed by atoms with van der Waals surface area (Å²) >= 11 is 0. The minimum absolute atomic E-state index is 0.119. The molecule has 0 unspecified atom stereocenters. The number of amides is 2. The highest BCUT2D eigenvalue weighted by Gasteiger charge is 2.21. The number of hydrogen-bond acceptors (Lipinski definition) is 2. The lowest BCUT2D eigenvalue weighted by Gasteiger charge is -2.28. The standard InChI is InChI=1S/C17H26N2O2/c1-2-5-14-6-3-4-7-16(14)19-17(21)18-15-10-8-13(12-20)9-11-15/h3-4,6-7,13,15,20H,2,5,8-12H2,1H3,(H2,18,19,21). The minimum atomic E-state index is -0.119. The largest absolute Gasteiger partial charge is 0.396 e. The van der Waals surface area contributed by atoms with Crippen LogP contribution >= 0.6 is 0 Å². The van der Waals surface area contributed by atoms with Crippen molar-refractivity contribution in [1.29, 1.82) is 0 Å². The number of aryl methyl sites for hydroxylation is 1. The molecule has 2 amide bonds. The predicted octanol–water partition coefficient (Wildman–Crippen LogP) is 3.31. The normalized spacial score (nSPS) is 21.8. The number of aliphatic hydroxyl groups excluding tert-OH is 1. The molecule has 1 aromatic carbocycles. The van der Waals surface area contributed by atoms with Crippen molar-refractivity contribution in [3.63, 3.8) is 0 Å². The molecule has 1 aromatic rings. The fraction of sp³-hybridized carbons (Fsp3) is 0.588. The van der Waals surface area contributed by atoms with Gasteiger partial charge in [0.25, 0.3) is 0 Å². The summed E-state index contributed by atoms with van der Waals surface area (Å²) in [4.78, 5) is 12.1. The van der Waals surface area contributed by atoms with Gasteiger partial charge in [-0.2, -0.15) is 0 Å². The van der Waals surface area contributed by atoms with Crippen molar-refractivity contribution in [2.24, 2.45) is 5.92 Å². The molecule has 0 heterocycles. The van der Waals surface area contributed by atoms with E-state index in [-0.39, 0.29) is 18.7 Å². The van der Waals surface area contributed by atoms with E-state index in [1.807, 2.05) is 18.2 Å². The van der Waals surface area contributed by atoms with Crippen LogP contribution < -0.4 is 10.6 Å². The zero-order valence-electron chi connectivity index (χ0n) is 12.8. The summed E-state index contributed by atoms with van der Waals surface area (Å²) in [5.41, 5.74) is 2.08. The summed E-state index contributed by atoms with van der Waals surface area (Å²) < 4.78 is 0. The van der Waals surface area contributed by atoms with Crippen molar-refractivity contribution in [3.8, 4) is 0 Å². The van der Waals surface area contributed by atoms with Crippen LogP contribution in [-0.2, 0) is 6.42 Å². The van der Waals surface area contributed by atoms with Gasteiger partial charge in [0.05, 0.1) is 0 Å². The van der Waals surface area contributed by atoms with E-state index in [9.17, 15) is 4.79 Å². The molecule has 4 heteroatoms. The highest BCUT2D eigenvalue weighted by molar-refractivity contribution is 5.90. The molecule has 116 valence electrons. The summed E-state index contributed by atoms with van der Waals surface area (Å²) in [6.45, 7) is 2.40. The zero-order valence-corrected chi connectivity index (χ0v) is 12.8. The third-order valence-corrected chi connectivity index (χ3v) is 4.23. The van der Waals surface area contributed by atoms with E-state index in [0.29, 0.717) is 5.92 Å². The maximum Gasteiger partial charge on any atom is 0.319 e. The van der Waals surface area contributed by atoms with Crippen molar-refractivity contribution in [1.82, 2.24) is 5.32 Å². The molecular formula is C17H26N2O2. The van der Waals surface area contributed by atoms with Crippen LogP contribution in [0.15, 0.2) is 24.3 Å². The van der Waals surface area contributed by atoms with E-state index in [1.165, 1.54) is 5.56 Å². The summed E-state index contributed by atoms with van der Waals surface area (Å²) in [5.74, 6) is 0.413. The summed E-state index contributed by atoms with van der Waals surface area (Å²) in [7, 11) is 0. The van der Waals surface area contributed by atoms with Crippen LogP contribution in [0.3, 0.4) is 0 Å². The van der Waals surface area contributed by atoms with Gasteiger partial charge in [0, 0.05) is 18.3 Å². The first-order chi connectivity index (χ1) is 10.2. The Bertz CT molecular complexity index is 454. The fourth-order valence-electron chi connectivity index (χ4n) is 2.96. The maximum atomic E-state index is 12.1. The Balaban J connectivity index is 1.85. The molecule has 3 N–H and O–H groups in total. The smallest absolute Gasteiger partial charge is 0.319 e. The highest BCUT2D eigenvalue weighted by Crippen LogP contribution is 2.24. The number of carbonyl (C=O) groups excluding carboxylic acids is 1. The lowest BCUT2D eigenvalue weighted by atomic mass is 9.87. The molecule has 0 aromatic heterocycles. The number of aliphatic hydroxyl groups is 1. The van der Waals surface area contributed by atoms with Gasteiger partial charge in [0.1, 0.15) is 0 Å². The van der Waals surface area contributed by atoms with Gasteiger partial charge in [-0.05, 0) is 49.7 Å². The van der Waals surface area contributed by atoms with Gasteiger partial charge in [0.2, 0.25) is 0 Å². The van der Waals surface area contributed by atoms with Crippen LogP contribution in [0, 0.1) is 5.92 Å². The van der Waals surface area contributed by atoms with Gasteiger partial charge in [-0.25, -0.2) is 4.79 Å². The van der Waals surface area contributed by atoms with E-state index >= 15 is 0 Å². The Morgan fingerprint density at radius 1 is 1.24 bits per heavy atom. The van der Waals surface area contributed by atoms with Crippen molar-refractivity contribution in [2.45, 2.75) is 51.5 Å². The van der Waals surface area contributed by atoms with Gasteiger partial charge < -0.3 is 15.7 Å². The Hall–Kier alpha value is -1.55. The molecule has 0 saturated heterocycles. The molecule has 21 heavy (non-hydrogen) atoms. The molecule has 0 spiro atoms. The van der Waals surface area contributed by atoms with Crippen molar-refractivity contribution < 1.29 is 9.90 Å². The lowest BCUT2D eigenvalue weighted by molar-refractivity contribution is 0.176. The second-order valence-electron chi connectivity index (χ2n) is 5.91. The lowest BCUT2D eigenvalue weighted by Crippen LogP contribution is -2.40. The number of urea groups is 1. The summed E-state index contributed by atoms with van der Waals surface area (Å²) in [6.07, 6.45) is 5.93. The second kappa shape index (κ2) is 8.03. The van der Waals surface area contributed by atoms with Crippen LogP contribution in [0.25, 0.3) is 0 Å². The van der Waals surface area contributed by atoms with Crippen LogP contribution in [0.5, 0.6) is 0 Å². The average Bonchev–Trinajstić information content (AvgIpc) is 2.50. The number of nitrogens with one attached hydrogen (secondary N) is 2. The van der Waals surface area contributed by atoms with Crippen molar-refractivity contribution in [3.05, 3.63) is 29.8 Å². The molecule has 2 rings (SSSR count). The molecule has 1 saturated carbocycles. The number of hydrogen-bond donors (Lipinski definition) is 3. The fourth-order valence-corrected chi connectivity index (χ4v) is 2.96. The Kier molecular flexibility index (Phi) is 6.05. The van der Waals surface area contributed by atoms with Crippen LogP contribution in [-0.4, -0.2) is 23.8 Å². The van der Waals surface area contributed by atoms with Crippen molar-refractivity contribution >= 4 is 11.7 Å². The second-order valence-corrected chi connectivity index (χ2v) is 5.91. The number of carbonyl (C=O) groups is 1. The van der Waals surface area contributed by atoms with E-state index in [2.05, 4.69) is 23.6 Å². The van der Waals surface area contributed by atoms with Crippen molar-refractivity contribution in [2.75, 3.05) is 11.9 Å². The number of benzene rings is 1. The maximum absolute atomic E-state index is 12.1. The number of anilines is 1. The van der Waals surface area contributed by atoms with Gasteiger partial charge in [-0.3, -0.25) is 0 Å². The molecule has 0 atom stereocenters. The Morgan fingerprint density at radius 3 is 2.62 bits per heavy atom. The van der Waals surface area contributed by atoms with Crippen LogP contribution in [0.2, 0.25) is 0 Å². The monoisotopic (exact) mass is 290 g/mol. The third kappa shape index (κ3) is 4.74. The predicted molar refractivity (Wildman–Crippen MR) is 85.4 cm³/mol. The van der Waals surface area contributed by atoms with E-state index in [4.69, 9.17) is 5.11 Å². The van der Waals surface area contributed by atoms with Crippen LogP contribution in [0.4, 0.5) is 10.5 Å². The van der Waals surface area contributed by atoms with E-state index in [0.717, 1.165) is 44.2 Å².